The lowest BCUT2D eigenvalue weighted by atomic mass is 10.3. The molecule has 0 heterocycles. The predicted molar refractivity (Wildman–Crippen MR) is 74.1 cm³/mol. The van der Waals surface area contributed by atoms with Crippen LogP contribution in [-0.4, -0.2) is 13.4 Å². The fraction of sp³-hybridized carbons (Fsp3) is 0.417. The Morgan fingerprint density at radius 1 is 1.20 bits per heavy atom. The number of benzene rings is 1. The average molecular weight is 237 g/mol. The second-order valence-corrected chi connectivity index (χ2v) is 13.6. The summed E-state index contributed by atoms with van der Waals surface area (Å²) in [5.74, 6) is 0. The first-order chi connectivity index (χ1) is 7.01. The van der Waals surface area contributed by atoms with E-state index >= 15 is 0 Å². The first-order valence-corrected chi connectivity index (χ1v) is 10.4. The molecule has 15 heavy (non-hydrogen) atoms. The SMILES string of the molecule is CCC=Nc1ccc(S[Si](C)(C)C)cc1. The number of aliphatic imine (C=N–C) groups is 1. The number of hydrogen-bond acceptors (Lipinski definition) is 2. The molecule has 3 heteroatoms. The van der Waals surface area contributed by atoms with Gasteiger partial charge < -0.3 is 0 Å². The molecule has 82 valence electrons. The maximum Gasteiger partial charge on any atom is 0.114 e. The lowest BCUT2D eigenvalue weighted by Gasteiger charge is -2.14. The van der Waals surface area contributed by atoms with E-state index in [0.29, 0.717) is 0 Å². The van der Waals surface area contributed by atoms with Crippen LogP contribution in [0.15, 0.2) is 34.2 Å². The Kier molecular flexibility index (Phi) is 4.61. The summed E-state index contributed by atoms with van der Waals surface area (Å²) >= 11 is 2.02. The molecule has 0 saturated heterocycles. The standard InChI is InChI=1S/C12H19NSSi/c1-5-10-13-11-6-8-12(9-7-11)14-15(2,3)4/h6-10H,5H2,1-4H3. The van der Waals surface area contributed by atoms with Crippen molar-refractivity contribution in [1.82, 2.24) is 0 Å². The van der Waals surface area contributed by atoms with Crippen LogP contribution in [0.4, 0.5) is 5.69 Å². The zero-order chi connectivity index (χ0) is 11.3. The van der Waals surface area contributed by atoms with E-state index < -0.39 is 7.22 Å². The third kappa shape index (κ3) is 5.19. The molecule has 0 spiro atoms. The average Bonchev–Trinajstić information content (AvgIpc) is 2.14. The van der Waals surface area contributed by atoms with Crippen molar-refractivity contribution >= 4 is 30.3 Å². The van der Waals surface area contributed by atoms with Crippen LogP contribution in [0.3, 0.4) is 0 Å². The zero-order valence-electron chi connectivity index (χ0n) is 9.95. The molecule has 1 nitrogen and oxygen atoms in total. The topological polar surface area (TPSA) is 12.4 Å². The van der Waals surface area contributed by atoms with E-state index in [1.54, 1.807) is 0 Å². The van der Waals surface area contributed by atoms with Crippen LogP contribution in [0, 0.1) is 0 Å². The Morgan fingerprint density at radius 3 is 2.27 bits per heavy atom. The highest BCUT2D eigenvalue weighted by Gasteiger charge is 2.14. The fourth-order valence-electron chi connectivity index (χ4n) is 1.15. The molecule has 1 aromatic rings. The molecule has 0 aromatic heterocycles. The smallest absolute Gasteiger partial charge is 0.114 e. The van der Waals surface area contributed by atoms with Gasteiger partial charge in [0.05, 0.1) is 5.69 Å². The Balaban J connectivity index is 2.68. The van der Waals surface area contributed by atoms with Crippen molar-refractivity contribution in [2.75, 3.05) is 0 Å². The van der Waals surface area contributed by atoms with Crippen molar-refractivity contribution in [3.05, 3.63) is 24.3 Å². The maximum atomic E-state index is 4.34. The van der Waals surface area contributed by atoms with Gasteiger partial charge in [0.15, 0.2) is 0 Å². The first kappa shape index (κ1) is 12.5. The number of rotatable bonds is 4. The van der Waals surface area contributed by atoms with Crippen molar-refractivity contribution in [3.8, 4) is 0 Å². The molecule has 0 N–H and O–H groups in total. The first-order valence-electron chi connectivity index (χ1n) is 5.33. The third-order valence-electron chi connectivity index (χ3n) is 1.68. The zero-order valence-corrected chi connectivity index (χ0v) is 11.8. The summed E-state index contributed by atoms with van der Waals surface area (Å²) < 4.78 is 0. The van der Waals surface area contributed by atoms with Gasteiger partial charge in [-0.25, -0.2) is 0 Å². The highest BCUT2D eigenvalue weighted by Crippen LogP contribution is 2.29. The van der Waals surface area contributed by atoms with Gasteiger partial charge in [-0.3, -0.25) is 4.99 Å². The lowest BCUT2D eigenvalue weighted by Crippen LogP contribution is -2.13. The second-order valence-electron chi connectivity index (χ2n) is 4.43. The van der Waals surface area contributed by atoms with E-state index in [0.717, 1.165) is 12.1 Å². The summed E-state index contributed by atoms with van der Waals surface area (Å²) in [7, 11) is -1.06. The van der Waals surface area contributed by atoms with Crippen molar-refractivity contribution in [3.63, 3.8) is 0 Å². The van der Waals surface area contributed by atoms with Crippen LogP contribution in [0.1, 0.15) is 13.3 Å². The van der Waals surface area contributed by atoms with E-state index in [2.05, 4.69) is 55.8 Å². The van der Waals surface area contributed by atoms with Gasteiger partial charge in [0.25, 0.3) is 0 Å². The molecule has 0 aliphatic carbocycles. The molecule has 0 amide bonds. The van der Waals surface area contributed by atoms with Crippen LogP contribution in [0.2, 0.25) is 19.6 Å². The lowest BCUT2D eigenvalue weighted by molar-refractivity contribution is 1.31. The maximum absolute atomic E-state index is 4.34. The normalized spacial score (nSPS) is 12.3. The number of nitrogens with zero attached hydrogens (tertiary/aromatic N) is 1. The largest absolute Gasteiger partial charge is 0.261 e. The van der Waals surface area contributed by atoms with Crippen molar-refractivity contribution in [2.45, 2.75) is 37.9 Å². The molecule has 0 unspecified atom stereocenters. The van der Waals surface area contributed by atoms with Crippen LogP contribution in [0.25, 0.3) is 0 Å². The summed E-state index contributed by atoms with van der Waals surface area (Å²) in [5.41, 5.74) is 1.05. The minimum absolute atomic E-state index is 0.991. The van der Waals surface area contributed by atoms with Gasteiger partial charge in [0, 0.05) is 11.1 Å². The van der Waals surface area contributed by atoms with Crippen LogP contribution < -0.4 is 0 Å². The molecule has 0 aliphatic rings. The van der Waals surface area contributed by atoms with E-state index in [-0.39, 0.29) is 0 Å². The minimum atomic E-state index is -1.06. The molecule has 1 aromatic carbocycles. The quantitative estimate of drug-likeness (QED) is 0.545. The Hall–Kier alpha value is -0.543. The van der Waals surface area contributed by atoms with Gasteiger partial charge in [-0.1, -0.05) is 26.6 Å². The van der Waals surface area contributed by atoms with Gasteiger partial charge in [-0.15, -0.1) is 0 Å². The van der Waals surface area contributed by atoms with Gasteiger partial charge in [0.2, 0.25) is 0 Å². The van der Waals surface area contributed by atoms with Gasteiger partial charge in [-0.2, -0.15) is 11.2 Å². The van der Waals surface area contributed by atoms with E-state index in [1.165, 1.54) is 4.90 Å². The third-order valence-corrected chi connectivity index (χ3v) is 5.35. The summed E-state index contributed by atoms with van der Waals surface area (Å²) in [6.45, 7) is 9.18. The second kappa shape index (κ2) is 5.52. The Labute approximate surface area is 97.7 Å². The summed E-state index contributed by atoms with van der Waals surface area (Å²) in [5, 5.41) is 0. The predicted octanol–water partition coefficient (Wildman–Crippen LogP) is 4.73. The van der Waals surface area contributed by atoms with Crippen LogP contribution in [0.5, 0.6) is 0 Å². The fourth-order valence-corrected chi connectivity index (χ4v) is 4.66. The number of hydrogen-bond donors (Lipinski definition) is 0. The van der Waals surface area contributed by atoms with Crippen molar-refractivity contribution < 1.29 is 0 Å². The monoisotopic (exact) mass is 237 g/mol. The van der Waals surface area contributed by atoms with E-state index in [9.17, 15) is 0 Å². The Morgan fingerprint density at radius 2 is 1.80 bits per heavy atom. The molecule has 1 rings (SSSR count). The molecule has 0 fully saturated rings. The minimum Gasteiger partial charge on any atom is -0.261 e. The molecular weight excluding hydrogens is 218 g/mol. The van der Waals surface area contributed by atoms with Crippen LogP contribution in [-0.2, 0) is 0 Å². The molecule has 0 bridgehead atoms. The van der Waals surface area contributed by atoms with E-state index in [4.69, 9.17) is 0 Å². The van der Waals surface area contributed by atoms with Crippen molar-refractivity contribution in [2.24, 2.45) is 4.99 Å². The van der Waals surface area contributed by atoms with Gasteiger partial charge >= 0.3 is 0 Å². The summed E-state index contributed by atoms with van der Waals surface area (Å²) in [6.07, 6.45) is 2.94. The summed E-state index contributed by atoms with van der Waals surface area (Å²) in [6, 6.07) is 8.53. The van der Waals surface area contributed by atoms with Gasteiger partial charge in [-0.05, 0) is 30.7 Å². The molecule has 0 radical (unpaired) electrons. The Bertz CT molecular complexity index is 324. The van der Waals surface area contributed by atoms with Crippen LogP contribution >= 0.6 is 11.2 Å². The molecule has 0 aliphatic heterocycles. The van der Waals surface area contributed by atoms with Crippen molar-refractivity contribution in [1.29, 1.82) is 0 Å². The highest BCUT2D eigenvalue weighted by molar-refractivity contribution is 8.28. The molecular formula is C12H19NSSi. The van der Waals surface area contributed by atoms with E-state index in [1.807, 2.05) is 17.4 Å². The highest BCUT2D eigenvalue weighted by atomic mass is 32.4. The summed E-state index contributed by atoms with van der Waals surface area (Å²) in [4.78, 5) is 5.70. The molecule has 0 atom stereocenters. The van der Waals surface area contributed by atoms with Gasteiger partial charge in [0.1, 0.15) is 7.22 Å². The molecule has 0 saturated carbocycles.